The highest BCUT2D eigenvalue weighted by atomic mass is 16.3. The molecule has 5 N–H and O–H groups in total. The minimum atomic E-state index is -1.29. The van der Waals surface area contributed by atoms with Gasteiger partial charge in [0.05, 0.1) is 18.8 Å². The summed E-state index contributed by atoms with van der Waals surface area (Å²) >= 11 is 0. The van der Waals surface area contributed by atoms with E-state index in [2.05, 4.69) is 55.6 Å². The Morgan fingerprint density at radius 3 is 1.36 bits per heavy atom. The van der Waals surface area contributed by atoms with E-state index < -0.39 is 36.9 Å². The Balaban J connectivity index is 3.81. The third-order valence-corrected chi connectivity index (χ3v) is 9.07. The van der Waals surface area contributed by atoms with Crippen LogP contribution in [-0.2, 0) is 4.79 Å². The fourth-order valence-corrected chi connectivity index (χ4v) is 5.91. The van der Waals surface area contributed by atoms with Crippen LogP contribution in [0.3, 0.4) is 0 Å². The minimum Gasteiger partial charge on any atom is -0.394 e. The van der Waals surface area contributed by atoms with Gasteiger partial charge in [0.2, 0.25) is 5.91 Å². The lowest BCUT2D eigenvalue weighted by Gasteiger charge is -2.27. The van der Waals surface area contributed by atoms with Crippen molar-refractivity contribution in [1.82, 2.24) is 5.32 Å². The first kappa shape index (κ1) is 45.5. The molecule has 6 heteroatoms. The number of allylic oxidation sites excluding steroid dienone is 6. The molecule has 0 heterocycles. The van der Waals surface area contributed by atoms with Gasteiger partial charge in [0.15, 0.2) is 0 Å². The van der Waals surface area contributed by atoms with Crippen molar-refractivity contribution >= 4 is 5.91 Å². The van der Waals surface area contributed by atoms with Crippen LogP contribution in [0.4, 0.5) is 0 Å². The van der Waals surface area contributed by atoms with E-state index in [9.17, 15) is 25.2 Å². The molecule has 0 spiro atoms. The molecule has 0 aliphatic carbocycles. The van der Waals surface area contributed by atoms with Gasteiger partial charge >= 0.3 is 0 Å². The number of aliphatic hydroxyl groups is 4. The largest absolute Gasteiger partial charge is 0.394 e. The molecule has 6 nitrogen and oxygen atoms in total. The number of carbonyl (C=O) groups is 1. The molecular weight excluding hydrogens is 586 g/mol. The Labute approximate surface area is 290 Å². The number of aliphatic hydroxyl groups excluding tert-OH is 4. The number of unbranched alkanes of at least 4 members (excludes halogenated alkanes) is 20. The third kappa shape index (κ3) is 30.3. The monoisotopic (exact) mass is 664 g/mol. The smallest absolute Gasteiger partial charge is 0.249 e. The molecule has 4 atom stereocenters. The van der Waals surface area contributed by atoms with E-state index in [1.807, 2.05) is 0 Å². The highest BCUT2D eigenvalue weighted by Gasteiger charge is 2.28. The van der Waals surface area contributed by atoms with Gasteiger partial charge in [0.1, 0.15) is 12.2 Å². The zero-order valence-corrected chi connectivity index (χ0v) is 30.8. The number of carbonyl (C=O) groups excluding carboxylic acids is 1. The lowest BCUT2D eigenvalue weighted by Crippen LogP contribution is -2.53. The van der Waals surface area contributed by atoms with E-state index in [1.165, 1.54) is 96.3 Å². The molecule has 0 aliphatic heterocycles. The van der Waals surface area contributed by atoms with E-state index in [0.717, 1.165) is 57.8 Å². The molecule has 0 saturated carbocycles. The van der Waals surface area contributed by atoms with Crippen molar-refractivity contribution in [1.29, 1.82) is 0 Å². The van der Waals surface area contributed by atoms with Crippen molar-refractivity contribution in [3.63, 3.8) is 0 Å². The number of rotatable bonds is 35. The van der Waals surface area contributed by atoms with Gasteiger partial charge in [-0.2, -0.15) is 0 Å². The Kier molecular flexibility index (Phi) is 34.7. The second kappa shape index (κ2) is 35.8. The van der Waals surface area contributed by atoms with Crippen molar-refractivity contribution in [2.75, 3.05) is 6.61 Å². The lowest BCUT2D eigenvalue weighted by molar-refractivity contribution is -0.132. The Bertz CT molecular complexity index is 752. The van der Waals surface area contributed by atoms with Crippen LogP contribution in [0.5, 0.6) is 0 Å². The molecule has 0 saturated heterocycles. The molecule has 1 amide bonds. The molecule has 0 aromatic heterocycles. The zero-order valence-electron chi connectivity index (χ0n) is 30.8. The maximum absolute atomic E-state index is 12.5. The topological polar surface area (TPSA) is 110 Å². The van der Waals surface area contributed by atoms with Crippen molar-refractivity contribution in [2.24, 2.45) is 0 Å². The summed E-state index contributed by atoms with van der Waals surface area (Å²) in [4.78, 5) is 12.5. The van der Waals surface area contributed by atoms with E-state index in [4.69, 9.17) is 0 Å². The highest BCUT2D eigenvalue weighted by molar-refractivity contribution is 5.80. The highest BCUT2D eigenvalue weighted by Crippen LogP contribution is 2.15. The quantitative estimate of drug-likeness (QED) is 0.0343. The van der Waals surface area contributed by atoms with Crippen LogP contribution in [0.25, 0.3) is 0 Å². The van der Waals surface area contributed by atoms with E-state index in [-0.39, 0.29) is 0 Å². The fourth-order valence-electron chi connectivity index (χ4n) is 5.91. The van der Waals surface area contributed by atoms with Crippen LogP contribution in [0.1, 0.15) is 187 Å². The van der Waals surface area contributed by atoms with Crippen LogP contribution >= 0.6 is 0 Å². The average molecular weight is 664 g/mol. The number of nitrogens with one attached hydrogen (secondary N) is 1. The molecule has 0 aliphatic rings. The normalized spacial score (nSPS) is 14.8. The molecule has 4 unspecified atom stereocenters. The Morgan fingerprint density at radius 1 is 0.532 bits per heavy atom. The maximum atomic E-state index is 12.5. The van der Waals surface area contributed by atoms with Gasteiger partial charge in [-0.15, -0.1) is 0 Å². The standard InChI is InChI=1S/C41H77NO5/c1-3-5-7-9-11-13-15-17-18-19-20-21-23-25-27-29-31-33-35-39(45)41(47)42-37(36-43)40(46)38(44)34-32-30-28-26-24-22-16-14-12-10-8-6-4-2/h6,8,14,16,26,28,37-40,43-46H,3-5,7,9-13,15,17-25,27,29-36H2,1-2H3,(H,42,47)/b8-6+,16-14+,28-26+. The molecule has 276 valence electrons. The lowest BCUT2D eigenvalue weighted by atomic mass is 10.00. The third-order valence-electron chi connectivity index (χ3n) is 9.07. The first-order valence-corrected chi connectivity index (χ1v) is 19.9. The predicted molar refractivity (Wildman–Crippen MR) is 200 cm³/mol. The summed E-state index contributed by atoms with van der Waals surface area (Å²) in [5, 5.41) is 43.5. The van der Waals surface area contributed by atoms with Gasteiger partial charge in [0, 0.05) is 0 Å². The van der Waals surface area contributed by atoms with E-state index >= 15 is 0 Å². The summed E-state index contributed by atoms with van der Waals surface area (Å²) in [5.74, 6) is -0.600. The fraction of sp³-hybridized carbons (Fsp3) is 0.829. The molecular formula is C41H77NO5. The Morgan fingerprint density at radius 2 is 0.936 bits per heavy atom. The maximum Gasteiger partial charge on any atom is 0.249 e. The summed E-state index contributed by atoms with van der Waals surface area (Å²) in [6.45, 7) is 3.91. The van der Waals surface area contributed by atoms with Gasteiger partial charge < -0.3 is 25.7 Å². The van der Waals surface area contributed by atoms with Crippen LogP contribution < -0.4 is 5.32 Å². The molecule has 0 aromatic rings. The van der Waals surface area contributed by atoms with E-state index in [1.54, 1.807) is 0 Å². The second-order valence-corrected chi connectivity index (χ2v) is 13.6. The number of amides is 1. The van der Waals surface area contributed by atoms with Crippen LogP contribution in [0.15, 0.2) is 36.5 Å². The van der Waals surface area contributed by atoms with Crippen molar-refractivity contribution in [2.45, 2.75) is 212 Å². The van der Waals surface area contributed by atoms with Crippen LogP contribution in [-0.4, -0.2) is 57.3 Å². The zero-order chi connectivity index (χ0) is 34.6. The first-order chi connectivity index (χ1) is 23.0. The van der Waals surface area contributed by atoms with Gasteiger partial charge in [-0.1, -0.05) is 166 Å². The summed E-state index contributed by atoms with van der Waals surface area (Å²) in [5.41, 5.74) is 0. The first-order valence-electron chi connectivity index (χ1n) is 19.9. The molecule has 0 bridgehead atoms. The number of hydrogen-bond donors (Lipinski definition) is 5. The van der Waals surface area contributed by atoms with Crippen LogP contribution in [0.2, 0.25) is 0 Å². The van der Waals surface area contributed by atoms with Gasteiger partial charge in [-0.3, -0.25) is 4.79 Å². The summed E-state index contributed by atoms with van der Waals surface area (Å²) in [6.07, 6.45) is 40.3. The summed E-state index contributed by atoms with van der Waals surface area (Å²) < 4.78 is 0. The summed E-state index contributed by atoms with van der Waals surface area (Å²) in [6, 6.07) is -1.01. The minimum absolute atomic E-state index is 0.361. The van der Waals surface area contributed by atoms with Gasteiger partial charge in [-0.25, -0.2) is 0 Å². The molecule has 47 heavy (non-hydrogen) atoms. The average Bonchev–Trinajstić information content (AvgIpc) is 3.07. The van der Waals surface area contributed by atoms with Gasteiger partial charge in [0.25, 0.3) is 0 Å². The van der Waals surface area contributed by atoms with Crippen molar-refractivity contribution in [3.8, 4) is 0 Å². The molecule has 0 fully saturated rings. The molecule has 0 aromatic carbocycles. The van der Waals surface area contributed by atoms with Gasteiger partial charge in [-0.05, 0) is 57.8 Å². The summed E-state index contributed by atoms with van der Waals surface area (Å²) in [7, 11) is 0. The molecule has 0 rings (SSSR count). The van der Waals surface area contributed by atoms with Crippen LogP contribution in [0, 0.1) is 0 Å². The predicted octanol–water partition coefficient (Wildman–Crippen LogP) is 9.79. The van der Waals surface area contributed by atoms with Crippen molar-refractivity contribution in [3.05, 3.63) is 36.5 Å². The van der Waals surface area contributed by atoms with E-state index in [0.29, 0.717) is 19.3 Å². The SMILES string of the molecule is CC/C=C/CC/C=C/CC/C=C/CCCC(O)C(O)C(CO)NC(=O)C(O)CCCCCCCCCCCCCCCCCCCC. The number of hydrogen-bond acceptors (Lipinski definition) is 5. The second-order valence-electron chi connectivity index (χ2n) is 13.6. The van der Waals surface area contributed by atoms with Crippen molar-refractivity contribution < 1.29 is 25.2 Å². The Hall–Kier alpha value is -1.47. The molecule has 0 radical (unpaired) electrons.